The van der Waals surface area contributed by atoms with Crippen molar-refractivity contribution in [3.05, 3.63) is 35.4 Å². The fourth-order valence-corrected chi connectivity index (χ4v) is 1.66. The Hall–Kier alpha value is -1.88. The van der Waals surface area contributed by atoms with E-state index < -0.39 is 0 Å². The summed E-state index contributed by atoms with van der Waals surface area (Å²) in [6, 6.07) is 7.33. The minimum absolute atomic E-state index is 0.0250. The second kappa shape index (κ2) is 8.32. The first-order valence-electron chi connectivity index (χ1n) is 6.66. The van der Waals surface area contributed by atoms with Gasteiger partial charge in [0.05, 0.1) is 19.1 Å². The number of carbonyl (C=O) groups is 2. The molecule has 0 heterocycles. The monoisotopic (exact) mass is 279 g/mol. The van der Waals surface area contributed by atoms with Crippen LogP contribution < -0.4 is 5.32 Å². The maximum Gasteiger partial charge on any atom is 0.306 e. The Bertz CT molecular complexity index is 457. The zero-order valence-corrected chi connectivity index (χ0v) is 11.9. The van der Waals surface area contributed by atoms with Gasteiger partial charge in [0.1, 0.15) is 0 Å². The minimum atomic E-state index is -0.363. The van der Waals surface area contributed by atoms with E-state index in [2.05, 4.69) is 5.32 Å². The highest BCUT2D eigenvalue weighted by molar-refractivity contribution is 5.81. The van der Waals surface area contributed by atoms with Gasteiger partial charge in [-0.25, -0.2) is 0 Å². The van der Waals surface area contributed by atoms with Gasteiger partial charge in [-0.1, -0.05) is 24.3 Å². The lowest BCUT2D eigenvalue weighted by atomic mass is 10.1. The van der Waals surface area contributed by atoms with Crippen LogP contribution in [0.3, 0.4) is 0 Å². The van der Waals surface area contributed by atoms with Crippen molar-refractivity contribution >= 4 is 11.9 Å². The van der Waals surface area contributed by atoms with Crippen LogP contribution in [0.1, 0.15) is 37.8 Å². The van der Waals surface area contributed by atoms with E-state index >= 15 is 0 Å². The van der Waals surface area contributed by atoms with E-state index in [0.717, 1.165) is 11.1 Å². The number of hydrogen-bond donors (Lipinski definition) is 2. The average molecular weight is 279 g/mol. The van der Waals surface area contributed by atoms with Gasteiger partial charge in [0.15, 0.2) is 0 Å². The van der Waals surface area contributed by atoms with Crippen molar-refractivity contribution < 1.29 is 19.4 Å². The quantitative estimate of drug-likeness (QED) is 0.742. The Balaban J connectivity index is 2.30. The Morgan fingerprint density at radius 1 is 1.25 bits per heavy atom. The molecule has 1 aromatic carbocycles. The van der Waals surface area contributed by atoms with E-state index in [1.807, 2.05) is 24.3 Å². The molecule has 0 saturated heterocycles. The third-order valence-corrected chi connectivity index (χ3v) is 2.59. The summed E-state index contributed by atoms with van der Waals surface area (Å²) in [4.78, 5) is 22.9. The lowest BCUT2D eigenvalue weighted by molar-refractivity contribution is -0.148. The van der Waals surface area contributed by atoms with Crippen molar-refractivity contribution in [2.75, 3.05) is 0 Å². The minimum Gasteiger partial charge on any atom is -0.463 e. The second-order valence-corrected chi connectivity index (χ2v) is 4.79. The Kier molecular flexibility index (Phi) is 6.73. The zero-order valence-electron chi connectivity index (χ0n) is 11.9. The number of aliphatic hydroxyl groups excluding tert-OH is 1. The van der Waals surface area contributed by atoms with Crippen molar-refractivity contribution in [3.8, 4) is 0 Å². The first kappa shape index (κ1) is 16.2. The van der Waals surface area contributed by atoms with Crippen LogP contribution in [0.2, 0.25) is 0 Å². The third kappa shape index (κ3) is 6.33. The molecule has 110 valence electrons. The van der Waals surface area contributed by atoms with Gasteiger partial charge >= 0.3 is 5.97 Å². The van der Waals surface area contributed by atoms with E-state index in [9.17, 15) is 9.59 Å². The standard InChI is InChI=1S/C15H21NO4/c1-11(2)20-15(19)7-6-14(18)16-9-12-4-3-5-13(8-12)10-17/h3-5,8,11,17H,6-7,9-10H2,1-2H3,(H,16,18). The number of benzene rings is 1. The summed E-state index contributed by atoms with van der Waals surface area (Å²) >= 11 is 0. The van der Waals surface area contributed by atoms with Crippen LogP contribution in [0.15, 0.2) is 24.3 Å². The molecule has 0 aliphatic carbocycles. The van der Waals surface area contributed by atoms with E-state index in [-0.39, 0.29) is 37.4 Å². The summed E-state index contributed by atoms with van der Waals surface area (Å²) in [7, 11) is 0. The lowest BCUT2D eigenvalue weighted by Gasteiger charge is -2.08. The van der Waals surface area contributed by atoms with Crippen LogP contribution in [-0.4, -0.2) is 23.1 Å². The Morgan fingerprint density at radius 3 is 2.60 bits per heavy atom. The molecule has 0 aromatic heterocycles. The normalized spacial score (nSPS) is 10.4. The van der Waals surface area contributed by atoms with Crippen LogP contribution in [0.25, 0.3) is 0 Å². The number of aliphatic hydroxyl groups is 1. The highest BCUT2D eigenvalue weighted by atomic mass is 16.5. The number of ether oxygens (including phenoxy) is 1. The number of hydrogen-bond acceptors (Lipinski definition) is 4. The Morgan fingerprint density at radius 2 is 1.95 bits per heavy atom. The average Bonchev–Trinajstić information content (AvgIpc) is 2.42. The summed E-state index contributed by atoms with van der Waals surface area (Å²) in [6.07, 6.45) is 0.0399. The molecule has 5 heteroatoms. The van der Waals surface area contributed by atoms with E-state index in [0.29, 0.717) is 6.54 Å². The predicted molar refractivity (Wildman–Crippen MR) is 74.7 cm³/mol. The molecule has 1 aromatic rings. The molecule has 0 spiro atoms. The highest BCUT2D eigenvalue weighted by Gasteiger charge is 2.09. The molecule has 1 amide bonds. The zero-order chi connectivity index (χ0) is 15.0. The molecule has 1 rings (SSSR count). The van der Waals surface area contributed by atoms with Crippen LogP contribution in [-0.2, 0) is 27.5 Å². The van der Waals surface area contributed by atoms with Gasteiger partial charge in [-0.05, 0) is 25.0 Å². The van der Waals surface area contributed by atoms with E-state index in [1.54, 1.807) is 13.8 Å². The summed E-state index contributed by atoms with van der Waals surface area (Å²) in [5, 5.41) is 11.7. The van der Waals surface area contributed by atoms with Crippen LogP contribution in [0.5, 0.6) is 0 Å². The number of rotatable bonds is 7. The SMILES string of the molecule is CC(C)OC(=O)CCC(=O)NCc1cccc(CO)c1. The summed E-state index contributed by atoms with van der Waals surface area (Å²) < 4.78 is 4.95. The van der Waals surface area contributed by atoms with Crippen LogP contribution in [0.4, 0.5) is 0 Å². The fourth-order valence-electron chi connectivity index (χ4n) is 1.66. The van der Waals surface area contributed by atoms with E-state index in [1.165, 1.54) is 0 Å². The highest BCUT2D eigenvalue weighted by Crippen LogP contribution is 2.05. The van der Waals surface area contributed by atoms with Crippen molar-refractivity contribution in [1.29, 1.82) is 0 Å². The molecule has 0 aliphatic heterocycles. The summed E-state index contributed by atoms with van der Waals surface area (Å²) in [5.41, 5.74) is 1.71. The smallest absolute Gasteiger partial charge is 0.306 e. The molecule has 0 saturated carbocycles. The third-order valence-electron chi connectivity index (χ3n) is 2.59. The molecule has 0 fully saturated rings. The Labute approximate surface area is 118 Å². The largest absolute Gasteiger partial charge is 0.463 e. The number of carbonyl (C=O) groups excluding carboxylic acids is 2. The first-order valence-corrected chi connectivity index (χ1v) is 6.66. The molecule has 5 nitrogen and oxygen atoms in total. The number of esters is 1. The van der Waals surface area contributed by atoms with Gasteiger partial charge in [-0.3, -0.25) is 9.59 Å². The molecule has 20 heavy (non-hydrogen) atoms. The van der Waals surface area contributed by atoms with Crippen molar-refractivity contribution in [2.45, 2.75) is 45.9 Å². The predicted octanol–water partition coefficient (Wildman–Crippen LogP) is 1.53. The first-order chi connectivity index (χ1) is 9.51. The van der Waals surface area contributed by atoms with Crippen molar-refractivity contribution in [1.82, 2.24) is 5.32 Å². The maximum atomic E-state index is 11.6. The van der Waals surface area contributed by atoms with Gasteiger partial charge in [-0.2, -0.15) is 0 Å². The van der Waals surface area contributed by atoms with Gasteiger partial charge in [0.25, 0.3) is 0 Å². The number of amides is 1. The molecule has 2 N–H and O–H groups in total. The fraction of sp³-hybridized carbons (Fsp3) is 0.467. The molecular weight excluding hydrogens is 258 g/mol. The number of nitrogens with one attached hydrogen (secondary N) is 1. The summed E-state index contributed by atoms with van der Waals surface area (Å²) in [6.45, 7) is 3.90. The molecule has 0 aliphatic rings. The van der Waals surface area contributed by atoms with Gasteiger partial charge in [-0.15, -0.1) is 0 Å². The van der Waals surface area contributed by atoms with Gasteiger partial charge < -0.3 is 15.2 Å². The van der Waals surface area contributed by atoms with Crippen molar-refractivity contribution in [2.24, 2.45) is 0 Å². The maximum absolute atomic E-state index is 11.6. The molecular formula is C15H21NO4. The summed E-state index contributed by atoms with van der Waals surface area (Å²) in [5.74, 6) is -0.558. The van der Waals surface area contributed by atoms with Crippen molar-refractivity contribution in [3.63, 3.8) is 0 Å². The molecule has 0 unspecified atom stereocenters. The van der Waals surface area contributed by atoms with Crippen LogP contribution in [0, 0.1) is 0 Å². The lowest BCUT2D eigenvalue weighted by Crippen LogP contribution is -2.24. The van der Waals surface area contributed by atoms with E-state index in [4.69, 9.17) is 9.84 Å². The second-order valence-electron chi connectivity index (χ2n) is 4.79. The molecule has 0 radical (unpaired) electrons. The molecule has 0 atom stereocenters. The molecule has 0 bridgehead atoms. The van der Waals surface area contributed by atoms with Gasteiger partial charge in [0.2, 0.25) is 5.91 Å². The van der Waals surface area contributed by atoms with Gasteiger partial charge in [0, 0.05) is 13.0 Å². The topological polar surface area (TPSA) is 75.6 Å². The van der Waals surface area contributed by atoms with Crippen LogP contribution >= 0.6 is 0 Å².